The van der Waals surface area contributed by atoms with Crippen LogP contribution < -0.4 is 16.0 Å². The van der Waals surface area contributed by atoms with Crippen molar-refractivity contribution in [3.63, 3.8) is 0 Å². The summed E-state index contributed by atoms with van der Waals surface area (Å²) >= 11 is 5.13. The molecule has 3 rings (SSSR count). The van der Waals surface area contributed by atoms with Crippen LogP contribution in [0.5, 0.6) is 5.75 Å². The number of anilines is 3. The van der Waals surface area contributed by atoms with Gasteiger partial charge in [-0.1, -0.05) is 0 Å². The van der Waals surface area contributed by atoms with E-state index in [1.54, 1.807) is 12.1 Å². The first-order chi connectivity index (χ1) is 13.0. The maximum Gasteiger partial charge on any atom is 0.335 e. The maximum atomic E-state index is 11.1. The summed E-state index contributed by atoms with van der Waals surface area (Å²) in [5, 5.41) is 28.2. The molecule has 0 fully saturated rings. The van der Waals surface area contributed by atoms with Crippen LogP contribution in [0.25, 0.3) is 11.2 Å². The van der Waals surface area contributed by atoms with Crippen molar-refractivity contribution in [1.29, 1.82) is 0 Å². The normalized spacial score (nSPS) is 10.4. The Morgan fingerprint density at radius 1 is 1.19 bits per heavy atom. The average molecular weight is 384 g/mol. The van der Waals surface area contributed by atoms with Gasteiger partial charge in [-0.05, 0) is 49.5 Å². The lowest BCUT2D eigenvalue weighted by molar-refractivity contribution is 0.0697. The van der Waals surface area contributed by atoms with Crippen LogP contribution in [0, 0.1) is 0 Å². The van der Waals surface area contributed by atoms with Gasteiger partial charge >= 0.3 is 5.97 Å². The van der Waals surface area contributed by atoms with Gasteiger partial charge in [-0.25, -0.2) is 19.7 Å². The van der Waals surface area contributed by atoms with Gasteiger partial charge in [-0.2, -0.15) is 0 Å². The molecule has 1 aromatic carbocycles. The van der Waals surface area contributed by atoms with Gasteiger partial charge in [0, 0.05) is 6.54 Å². The molecular formula is C17H16N6O3S. The molecule has 0 atom stereocenters. The number of aromatic hydroxyl groups is 1. The van der Waals surface area contributed by atoms with Crippen LogP contribution in [0.2, 0.25) is 0 Å². The fraction of sp³-hybridized carbons (Fsp3) is 0.118. The highest BCUT2D eigenvalue weighted by atomic mass is 32.1. The molecule has 0 amide bonds. The summed E-state index contributed by atoms with van der Waals surface area (Å²) in [6, 6.07) is 7.39. The Morgan fingerprint density at radius 2 is 1.96 bits per heavy atom. The first-order valence-corrected chi connectivity index (χ1v) is 8.39. The predicted octanol–water partition coefficient (Wildman–Crippen LogP) is 2.48. The Kier molecular flexibility index (Phi) is 5.27. The molecule has 0 aliphatic carbocycles. The lowest BCUT2D eigenvalue weighted by Crippen LogP contribution is -2.28. The van der Waals surface area contributed by atoms with Crippen LogP contribution in [0.1, 0.15) is 17.3 Å². The summed E-state index contributed by atoms with van der Waals surface area (Å²) in [4.78, 5) is 24.1. The Balaban J connectivity index is 1.88. The Labute approximate surface area is 159 Å². The van der Waals surface area contributed by atoms with Crippen molar-refractivity contribution in [2.75, 3.05) is 17.2 Å². The minimum atomic E-state index is -1.10. The third-order valence-electron chi connectivity index (χ3n) is 3.49. The largest absolute Gasteiger partial charge is 0.506 e. The molecule has 0 aliphatic heterocycles. The molecule has 0 saturated heterocycles. The first kappa shape index (κ1) is 18.3. The molecule has 0 saturated carbocycles. The van der Waals surface area contributed by atoms with Crippen LogP contribution in [0.3, 0.4) is 0 Å². The second kappa shape index (κ2) is 7.79. The quantitative estimate of drug-likeness (QED) is 0.330. The zero-order valence-corrected chi connectivity index (χ0v) is 15.0. The lowest BCUT2D eigenvalue weighted by atomic mass is 10.2. The van der Waals surface area contributed by atoms with E-state index in [1.165, 1.54) is 24.4 Å². The number of nitrogens with zero attached hydrogens (tertiary/aromatic N) is 3. The van der Waals surface area contributed by atoms with Crippen molar-refractivity contribution in [3.05, 3.63) is 42.1 Å². The SMILES string of the molecule is CCNC(=S)Nc1ccc2ncc(Nc3cc(C(=O)O)ccc3O)nc2n1. The van der Waals surface area contributed by atoms with Crippen molar-refractivity contribution in [2.24, 2.45) is 0 Å². The number of aromatic carboxylic acids is 1. The smallest absolute Gasteiger partial charge is 0.335 e. The highest BCUT2D eigenvalue weighted by Gasteiger charge is 2.10. The molecule has 2 aromatic heterocycles. The van der Waals surface area contributed by atoms with E-state index in [1.807, 2.05) is 6.92 Å². The van der Waals surface area contributed by atoms with Crippen molar-refractivity contribution in [1.82, 2.24) is 20.3 Å². The van der Waals surface area contributed by atoms with Crippen LogP contribution in [-0.4, -0.2) is 42.8 Å². The molecule has 0 radical (unpaired) electrons. The fourth-order valence-corrected chi connectivity index (χ4v) is 2.50. The minimum Gasteiger partial charge on any atom is -0.506 e. The number of pyridine rings is 1. The van der Waals surface area contributed by atoms with Gasteiger partial charge in [-0.3, -0.25) is 0 Å². The molecule has 0 bridgehead atoms. The van der Waals surface area contributed by atoms with Gasteiger partial charge in [0.05, 0.1) is 17.4 Å². The van der Waals surface area contributed by atoms with Crippen LogP contribution in [0.4, 0.5) is 17.3 Å². The summed E-state index contributed by atoms with van der Waals surface area (Å²) in [6.07, 6.45) is 1.47. The highest BCUT2D eigenvalue weighted by Crippen LogP contribution is 2.27. The number of hydrogen-bond donors (Lipinski definition) is 5. The number of hydrogen-bond acceptors (Lipinski definition) is 7. The topological polar surface area (TPSA) is 132 Å². The molecule has 0 spiro atoms. The number of aromatic nitrogens is 3. The van der Waals surface area contributed by atoms with Crippen molar-refractivity contribution < 1.29 is 15.0 Å². The van der Waals surface area contributed by atoms with Crippen LogP contribution >= 0.6 is 12.2 Å². The van der Waals surface area contributed by atoms with Gasteiger partial charge in [-0.15, -0.1) is 0 Å². The van der Waals surface area contributed by atoms with Gasteiger partial charge < -0.3 is 26.2 Å². The molecule has 0 unspecified atom stereocenters. The number of carboxylic acid groups (broad SMARTS) is 1. The lowest BCUT2D eigenvalue weighted by Gasteiger charge is -2.10. The first-order valence-electron chi connectivity index (χ1n) is 7.98. The number of carboxylic acids is 1. The van der Waals surface area contributed by atoms with E-state index >= 15 is 0 Å². The third-order valence-corrected chi connectivity index (χ3v) is 3.74. The number of carbonyl (C=O) groups is 1. The maximum absolute atomic E-state index is 11.1. The number of nitrogens with one attached hydrogen (secondary N) is 3. The number of fused-ring (bicyclic) bond motifs is 1. The van der Waals surface area contributed by atoms with Crippen LogP contribution in [-0.2, 0) is 0 Å². The predicted molar refractivity (Wildman–Crippen MR) is 106 cm³/mol. The zero-order valence-electron chi connectivity index (χ0n) is 14.2. The molecule has 138 valence electrons. The number of thiocarbonyl (C=S) groups is 1. The number of phenols is 1. The Morgan fingerprint density at radius 3 is 2.70 bits per heavy atom. The Bertz CT molecular complexity index is 1030. The summed E-state index contributed by atoms with van der Waals surface area (Å²) in [6.45, 7) is 2.62. The van der Waals surface area contributed by atoms with Crippen molar-refractivity contribution >= 4 is 51.8 Å². The Hall–Kier alpha value is -3.53. The molecule has 10 heteroatoms. The third kappa shape index (κ3) is 4.36. The van der Waals surface area contributed by atoms with E-state index in [2.05, 4.69) is 30.9 Å². The van der Waals surface area contributed by atoms with Gasteiger partial charge in [0.2, 0.25) is 0 Å². The van der Waals surface area contributed by atoms with Crippen LogP contribution in [0.15, 0.2) is 36.5 Å². The summed E-state index contributed by atoms with van der Waals surface area (Å²) in [7, 11) is 0. The number of benzene rings is 1. The second-order valence-corrected chi connectivity index (χ2v) is 5.85. The second-order valence-electron chi connectivity index (χ2n) is 5.44. The number of phenolic OH excluding ortho intramolecular Hbond substituents is 1. The standard InChI is InChI=1S/C17H16N6O3S/c1-2-18-17(27)23-13-6-4-10-15(21-13)22-14(8-19-10)20-11-7-9(16(25)26)3-5-12(11)24/h3-8,24H,2H2,1H3,(H,25,26)(H3,18,20,21,22,23,27). The highest BCUT2D eigenvalue weighted by molar-refractivity contribution is 7.80. The minimum absolute atomic E-state index is 0.0330. The number of rotatable bonds is 5. The molecule has 2 heterocycles. The van der Waals surface area contributed by atoms with E-state index in [0.29, 0.717) is 34.5 Å². The van der Waals surface area contributed by atoms with Gasteiger partial charge in [0.25, 0.3) is 0 Å². The average Bonchev–Trinajstić information content (AvgIpc) is 2.63. The fourth-order valence-electron chi connectivity index (χ4n) is 2.26. The molecule has 9 nitrogen and oxygen atoms in total. The van der Waals surface area contributed by atoms with Crippen molar-refractivity contribution in [3.8, 4) is 5.75 Å². The molecular weight excluding hydrogens is 368 g/mol. The van der Waals surface area contributed by atoms with E-state index in [4.69, 9.17) is 17.3 Å². The van der Waals surface area contributed by atoms with Gasteiger partial charge in [0.1, 0.15) is 17.1 Å². The summed E-state index contributed by atoms with van der Waals surface area (Å²) in [5.41, 5.74) is 1.17. The van der Waals surface area contributed by atoms with E-state index in [-0.39, 0.29) is 17.0 Å². The summed E-state index contributed by atoms with van der Waals surface area (Å²) in [5.74, 6) is -0.396. The van der Waals surface area contributed by atoms with E-state index in [0.717, 1.165) is 0 Å². The zero-order chi connectivity index (χ0) is 19.4. The van der Waals surface area contributed by atoms with E-state index in [9.17, 15) is 9.90 Å². The molecule has 5 N–H and O–H groups in total. The van der Waals surface area contributed by atoms with Gasteiger partial charge in [0.15, 0.2) is 16.6 Å². The van der Waals surface area contributed by atoms with E-state index < -0.39 is 5.97 Å². The summed E-state index contributed by atoms with van der Waals surface area (Å²) < 4.78 is 0. The van der Waals surface area contributed by atoms with Crippen molar-refractivity contribution in [2.45, 2.75) is 6.92 Å². The molecule has 27 heavy (non-hydrogen) atoms. The molecule has 3 aromatic rings. The monoisotopic (exact) mass is 384 g/mol. The molecule has 0 aliphatic rings.